The third-order valence-corrected chi connectivity index (χ3v) is 3.12. The Bertz CT molecular complexity index is 493. The Morgan fingerprint density at radius 1 is 1.63 bits per heavy atom. The normalized spacial score (nSPS) is 18.7. The van der Waals surface area contributed by atoms with E-state index < -0.39 is 17.9 Å². The molecule has 0 aliphatic carbocycles. The minimum absolute atomic E-state index is 0.0550. The van der Waals surface area contributed by atoms with E-state index in [-0.39, 0.29) is 23.5 Å². The molecule has 1 aliphatic rings. The molecule has 1 aromatic rings. The van der Waals surface area contributed by atoms with Gasteiger partial charge < -0.3 is 20.5 Å². The molecular weight excluding hydrogens is 251 g/mol. The Kier molecular flexibility index (Phi) is 3.90. The third kappa shape index (κ3) is 2.78. The van der Waals surface area contributed by atoms with Crippen molar-refractivity contribution in [3.8, 4) is 0 Å². The summed E-state index contributed by atoms with van der Waals surface area (Å²) in [6, 6.07) is 2.51. The maximum atomic E-state index is 13.9. The van der Waals surface area contributed by atoms with Crippen LogP contribution in [0.25, 0.3) is 0 Å². The summed E-state index contributed by atoms with van der Waals surface area (Å²) in [5.74, 6) is -1.07. The van der Waals surface area contributed by atoms with Crippen LogP contribution in [-0.2, 0) is 4.74 Å². The van der Waals surface area contributed by atoms with E-state index in [1.165, 1.54) is 6.07 Å². The van der Waals surface area contributed by atoms with Crippen molar-refractivity contribution in [1.82, 2.24) is 0 Å². The first-order valence-corrected chi connectivity index (χ1v) is 6.22. The Morgan fingerprint density at radius 2 is 2.37 bits per heavy atom. The van der Waals surface area contributed by atoms with Gasteiger partial charge in [0.1, 0.15) is 5.82 Å². The molecule has 1 aliphatic heterocycles. The molecule has 1 saturated heterocycles. The lowest BCUT2D eigenvalue weighted by Crippen LogP contribution is -2.23. The maximum absolute atomic E-state index is 13.9. The SMILES string of the molecule is CCOC(=O)c1cc(N2CCC(O)C2)c(F)cc1N. The molecule has 19 heavy (non-hydrogen) atoms. The lowest BCUT2D eigenvalue weighted by molar-refractivity contribution is 0.0527. The van der Waals surface area contributed by atoms with E-state index in [0.717, 1.165) is 6.07 Å². The molecular formula is C13H17FN2O3. The van der Waals surface area contributed by atoms with Crippen LogP contribution in [0, 0.1) is 5.82 Å². The van der Waals surface area contributed by atoms with Crippen molar-refractivity contribution in [2.24, 2.45) is 0 Å². The largest absolute Gasteiger partial charge is 0.462 e. The topological polar surface area (TPSA) is 75.8 Å². The monoisotopic (exact) mass is 268 g/mol. The third-order valence-electron chi connectivity index (χ3n) is 3.12. The number of nitrogens with zero attached hydrogens (tertiary/aromatic N) is 1. The molecule has 1 unspecified atom stereocenters. The quantitative estimate of drug-likeness (QED) is 0.635. The van der Waals surface area contributed by atoms with E-state index in [1.54, 1.807) is 11.8 Å². The van der Waals surface area contributed by atoms with Crippen LogP contribution in [0.5, 0.6) is 0 Å². The van der Waals surface area contributed by atoms with Crippen LogP contribution < -0.4 is 10.6 Å². The summed E-state index contributed by atoms with van der Waals surface area (Å²) >= 11 is 0. The fraction of sp³-hybridized carbons (Fsp3) is 0.462. The predicted octanol–water partition coefficient (Wildman–Crippen LogP) is 1.16. The minimum Gasteiger partial charge on any atom is -0.462 e. The molecule has 1 fully saturated rings. The van der Waals surface area contributed by atoms with Gasteiger partial charge in [0.25, 0.3) is 0 Å². The first kappa shape index (κ1) is 13.6. The van der Waals surface area contributed by atoms with Crippen LogP contribution in [-0.4, -0.2) is 36.9 Å². The van der Waals surface area contributed by atoms with Crippen molar-refractivity contribution < 1.29 is 19.0 Å². The van der Waals surface area contributed by atoms with Crippen molar-refractivity contribution in [2.75, 3.05) is 30.3 Å². The second-order valence-corrected chi connectivity index (χ2v) is 4.50. The number of benzene rings is 1. The van der Waals surface area contributed by atoms with Gasteiger partial charge in [-0.3, -0.25) is 0 Å². The number of nitrogen functional groups attached to an aromatic ring is 1. The zero-order valence-electron chi connectivity index (χ0n) is 10.7. The molecule has 104 valence electrons. The highest BCUT2D eigenvalue weighted by atomic mass is 19.1. The average molecular weight is 268 g/mol. The van der Waals surface area contributed by atoms with Gasteiger partial charge in [0, 0.05) is 18.8 Å². The molecule has 0 aromatic heterocycles. The highest BCUT2D eigenvalue weighted by Crippen LogP contribution is 2.28. The summed E-state index contributed by atoms with van der Waals surface area (Å²) in [6.45, 7) is 2.82. The number of aliphatic hydroxyl groups is 1. The summed E-state index contributed by atoms with van der Waals surface area (Å²) in [6.07, 6.45) is 0.112. The number of β-amino-alcohol motifs (C(OH)–C–C–N with tert-alkyl or cyclic N) is 1. The first-order valence-electron chi connectivity index (χ1n) is 6.22. The molecule has 2 rings (SSSR count). The highest BCUT2D eigenvalue weighted by molar-refractivity contribution is 5.96. The van der Waals surface area contributed by atoms with Crippen LogP contribution >= 0.6 is 0 Å². The Labute approximate surface area is 110 Å². The van der Waals surface area contributed by atoms with E-state index in [0.29, 0.717) is 19.5 Å². The lowest BCUT2D eigenvalue weighted by Gasteiger charge is -2.20. The number of carbonyl (C=O) groups is 1. The molecule has 6 heteroatoms. The Hall–Kier alpha value is -1.82. The maximum Gasteiger partial charge on any atom is 0.340 e. The van der Waals surface area contributed by atoms with Gasteiger partial charge in [-0.1, -0.05) is 0 Å². The number of esters is 1. The van der Waals surface area contributed by atoms with Crippen LogP contribution in [0.4, 0.5) is 15.8 Å². The number of hydrogen-bond acceptors (Lipinski definition) is 5. The number of ether oxygens (including phenoxy) is 1. The minimum atomic E-state index is -0.569. The van der Waals surface area contributed by atoms with E-state index in [2.05, 4.69) is 0 Å². The van der Waals surface area contributed by atoms with Gasteiger partial charge in [0.05, 0.1) is 24.0 Å². The van der Waals surface area contributed by atoms with Gasteiger partial charge in [0.15, 0.2) is 0 Å². The van der Waals surface area contributed by atoms with Gasteiger partial charge in [-0.25, -0.2) is 9.18 Å². The van der Waals surface area contributed by atoms with Crippen LogP contribution in [0.2, 0.25) is 0 Å². The highest BCUT2D eigenvalue weighted by Gasteiger charge is 2.25. The van der Waals surface area contributed by atoms with E-state index in [9.17, 15) is 14.3 Å². The molecule has 0 saturated carbocycles. The predicted molar refractivity (Wildman–Crippen MR) is 69.6 cm³/mol. The van der Waals surface area contributed by atoms with Gasteiger partial charge in [0.2, 0.25) is 0 Å². The van der Waals surface area contributed by atoms with Crippen molar-refractivity contribution >= 4 is 17.3 Å². The van der Waals surface area contributed by atoms with E-state index >= 15 is 0 Å². The molecule has 5 nitrogen and oxygen atoms in total. The summed E-state index contributed by atoms with van der Waals surface area (Å²) in [5.41, 5.74) is 6.12. The van der Waals surface area contributed by atoms with Crippen LogP contribution in [0.15, 0.2) is 12.1 Å². The zero-order chi connectivity index (χ0) is 14.0. The summed E-state index contributed by atoms with van der Waals surface area (Å²) < 4.78 is 18.8. The van der Waals surface area contributed by atoms with Crippen molar-refractivity contribution in [1.29, 1.82) is 0 Å². The molecule has 1 heterocycles. The Balaban J connectivity index is 2.33. The van der Waals surface area contributed by atoms with E-state index in [4.69, 9.17) is 10.5 Å². The zero-order valence-corrected chi connectivity index (χ0v) is 10.7. The van der Waals surface area contributed by atoms with Crippen molar-refractivity contribution in [3.63, 3.8) is 0 Å². The second kappa shape index (κ2) is 5.44. The van der Waals surface area contributed by atoms with Crippen LogP contribution in [0.3, 0.4) is 0 Å². The number of nitrogens with two attached hydrogens (primary N) is 1. The number of anilines is 2. The number of halogens is 1. The average Bonchev–Trinajstić information content (AvgIpc) is 2.76. The number of aliphatic hydroxyl groups excluding tert-OH is 1. The standard InChI is InChI=1S/C13H17FN2O3/c1-2-19-13(18)9-5-12(10(14)6-11(9)15)16-4-3-8(17)7-16/h5-6,8,17H,2-4,7,15H2,1H3. The molecule has 0 spiro atoms. The van der Waals surface area contributed by atoms with Gasteiger partial charge in [-0.05, 0) is 25.5 Å². The first-order chi connectivity index (χ1) is 9.02. The van der Waals surface area contributed by atoms with Gasteiger partial charge in [-0.15, -0.1) is 0 Å². The smallest absolute Gasteiger partial charge is 0.340 e. The molecule has 0 radical (unpaired) electrons. The van der Waals surface area contributed by atoms with Crippen molar-refractivity contribution in [2.45, 2.75) is 19.4 Å². The second-order valence-electron chi connectivity index (χ2n) is 4.50. The lowest BCUT2D eigenvalue weighted by atomic mass is 10.1. The number of rotatable bonds is 3. The molecule has 3 N–H and O–H groups in total. The van der Waals surface area contributed by atoms with E-state index in [1.807, 2.05) is 0 Å². The number of carbonyl (C=O) groups excluding carboxylic acids is 1. The fourth-order valence-electron chi connectivity index (χ4n) is 2.17. The molecule has 0 bridgehead atoms. The van der Waals surface area contributed by atoms with Gasteiger partial charge in [-0.2, -0.15) is 0 Å². The van der Waals surface area contributed by atoms with Gasteiger partial charge >= 0.3 is 5.97 Å². The molecule has 0 amide bonds. The summed E-state index contributed by atoms with van der Waals surface area (Å²) in [7, 11) is 0. The molecule has 1 atom stereocenters. The fourth-order valence-corrected chi connectivity index (χ4v) is 2.17. The Morgan fingerprint density at radius 3 is 2.95 bits per heavy atom. The van der Waals surface area contributed by atoms with Crippen molar-refractivity contribution in [3.05, 3.63) is 23.5 Å². The molecule has 1 aromatic carbocycles. The summed E-state index contributed by atoms with van der Waals surface area (Å²) in [5, 5.41) is 9.49. The summed E-state index contributed by atoms with van der Waals surface area (Å²) in [4.78, 5) is 13.4. The van der Waals surface area contributed by atoms with Crippen LogP contribution in [0.1, 0.15) is 23.7 Å². The number of hydrogen-bond donors (Lipinski definition) is 2.